The second-order valence-electron chi connectivity index (χ2n) is 3.96. The van der Waals surface area contributed by atoms with Gasteiger partial charge in [0.05, 0.1) is 11.6 Å². The van der Waals surface area contributed by atoms with Gasteiger partial charge in [0.1, 0.15) is 5.82 Å². The fraction of sp³-hybridized carbons (Fsp3) is 0.308. The highest BCUT2D eigenvalue weighted by molar-refractivity contribution is 7.09. The molecule has 0 fully saturated rings. The maximum atomic E-state index is 8.76. The fourth-order valence-corrected chi connectivity index (χ4v) is 2.27. The van der Waals surface area contributed by atoms with E-state index in [1.165, 1.54) is 11.5 Å². The minimum Gasteiger partial charge on any atom is -0.320 e. The third-order valence-electron chi connectivity index (χ3n) is 2.60. The Morgan fingerprint density at radius 1 is 1.33 bits per heavy atom. The van der Waals surface area contributed by atoms with Crippen LogP contribution in [0.3, 0.4) is 0 Å². The molecule has 5 heteroatoms. The molecule has 18 heavy (non-hydrogen) atoms. The number of benzene rings is 1. The van der Waals surface area contributed by atoms with E-state index < -0.39 is 0 Å². The first-order chi connectivity index (χ1) is 8.74. The Morgan fingerprint density at radius 3 is 2.67 bits per heavy atom. The lowest BCUT2D eigenvalue weighted by Crippen LogP contribution is -2.09. The summed E-state index contributed by atoms with van der Waals surface area (Å²) in [6.45, 7) is 2.12. The van der Waals surface area contributed by atoms with Crippen molar-refractivity contribution in [2.45, 2.75) is 19.8 Å². The zero-order chi connectivity index (χ0) is 13.0. The Hall–Kier alpha value is -1.93. The van der Waals surface area contributed by atoms with Crippen LogP contribution in [-0.4, -0.2) is 16.4 Å². The third kappa shape index (κ3) is 2.66. The summed E-state index contributed by atoms with van der Waals surface area (Å²) < 4.78 is 4.32. The van der Waals surface area contributed by atoms with E-state index in [1.54, 1.807) is 12.1 Å². The van der Waals surface area contributed by atoms with Gasteiger partial charge in [-0.15, -0.1) is 0 Å². The Balaban J connectivity index is 2.18. The van der Waals surface area contributed by atoms with Crippen molar-refractivity contribution in [2.75, 3.05) is 11.9 Å². The predicted octanol–water partition coefficient (Wildman–Crippen LogP) is 3.13. The van der Waals surface area contributed by atoms with Crippen LogP contribution >= 0.6 is 11.5 Å². The first-order valence-corrected chi connectivity index (χ1v) is 6.58. The molecule has 0 radical (unpaired) electrons. The zero-order valence-corrected chi connectivity index (χ0v) is 11.2. The summed E-state index contributed by atoms with van der Waals surface area (Å²) >= 11 is 1.40. The molecule has 92 valence electrons. The van der Waals surface area contributed by atoms with Crippen LogP contribution in [0.4, 0.5) is 10.8 Å². The van der Waals surface area contributed by atoms with E-state index in [0.717, 1.165) is 29.5 Å². The van der Waals surface area contributed by atoms with Crippen LogP contribution in [0.1, 0.15) is 24.7 Å². The molecule has 0 unspecified atom stereocenters. The number of hydrogen-bond acceptors (Lipinski definition) is 5. The molecule has 0 saturated carbocycles. The zero-order valence-electron chi connectivity index (χ0n) is 10.4. The van der Waals surface area contributed by atoms with Crippen molar-refractivity contribution in [2.24, 2.45) is 0 Å². The summed E-state index contributed by atoms with van der Waals surface area (Å²) in [5, 5.41) is 9.64. The van der Waals surface area contributed by atoms with Gasteiger partial charge in [-0.3, -0.25) is 0 Å². The van der Waals surface area contributed by atoms with Crippen LogP contribution in [0.5, 0.6) is 0 Å². The van der Waals surface area contributed by atoms with Gasteiger partial charge in [0.15, 0.2) is 0 Å². The number of aryl methyl sites for hydroxylation is 1. The van der Waals surface area contributed by atoms with Gasteiger partial charge in [0.25, 0.3) is 0 Å². The van der Waals surface area contributed by atoms with Crippen LogP contribution in [-0.2, 0) is 6.42 Å². The Labute approximate surface area is 111 Å². The summed E-state index contributed by atoms with van der Waals surface area (Å²) in [7, 11) is 1.96. The number of hydrogen-bond donors (Lipinski definition) is 0. The van der Waals surface area contributed by atoms with Gasteiger partial charge >= 0.3 is 0 Å². The van der Waals surface area contributed by atoms with Crippen molar-refractivity contribution in [1.82, 2.24) is 9.36 Å². The largest absolute Gasteiger partial charge is 0.320 e. The van der Waals surface area contributed by atoms with E-state index in [9.17, 15) is 0 Å². The van der Waals surface area contributed by atoms with Crippen molar-refractivity contribution in [3.63, 3.8) is 0 Å². The van der Waals surface area contributed by atoms with E-state index in [-0.39, 0.29) is 0 Å². The van der Waals surface area contributed by atoms with Crippen molar-refractivity contribution in [3.05, 3.63) is 35.7 Å². The number of nitriles is 1. The molecule has 0 saturated heterocycles. The molecule has 2 rings (SSSR count). The van der Waals surface area contributed by atoms with E-state index in [2.05, 4.69) is 22.4 Å². The molecule has 1 heterocycles. The first kappa shape index (κ1) is 12.5. The minimum absolute atomic E-state index is 0.663. The Bertz CT molecular complexity index is 553. The van der Waals surface area contributed by atoms with Crippen LogP contribution in [0.25, 0.3) is 0 Å². The number of rotatable bonds is 4. The topological polar surface area (TPSA) is 52.8 Å². The standard InChI is InChI=1S/C13H14N4S/c1-3-4-12-15-13(18-16-12)17(2)11-7-5-10(9-14)6-8-11/h5-8H,3-4H2,1-2H3. The number of aromatic nitrogens is 2. The minimum atomic E-state index is 0.663. The van der Waals surface area contributed by atoms with Crippen LogP contribution in [0.15, 0.2) is 24.3 Å². The Kier molecular flexibility index (Phi) is 3.90. The predicted molar refractivity (Wildman–Crippen MR) is 73.1 cm³/mol. The van der Waals surface area contributed by atoms with Gasteiger partial charge in [-0.05, 0) is 30.7 Å². The average molecular weight is 258 g/mol. The summed E-state index contributed by atoms with van der Waals surface area (Å²) in [6, 6.07) is 9.55. The van der Waals surface area contributed by atoms with Gasteiger partial charge in [-0.1, -0.05) is 6.92 Å². The highest BCUT2D eigenvalue weighted by Crippen LogP contribution is 2.25. The second kappa shape index (κ2) is 5.61. The molecule has 4 nitrogen and oxygen atoms in total. The average Bonchev–Trinajstić information content (AvgIpc) is 2.87. The summed E-state index contributed by atoms with van der Waals surface area (Å²) in [5.41, 5.74) is 1.67. The molecule has 2 aromatic rings. The van der Waals surface area contributed by atoms with E-state index >= 15 is 0 Å². The van der Waals surface area contributed by atoms with Crippen LogP contribution < -0.4 is 4.90 Å². The van der Waals surface area contributed by atoms with Crippen molar-refractivity contribution >= 4 is 22.4 Å². The van der Waals surface area contributed by atoms with Crippen LogP contribution in [0, 0.1) is 11.3 Å². The molecule has 0 N–H and O–H groups in total. The lowest BCUT2D eigenvalue weighted by Gasteiger charge is -2.14. The number of anilines is 2. The van der Waals surface area contributed by atoms with Crippen molar-refractivity contribution in [1.29, 1.82) is 5.26 Å². The molecule has 0 atom stereocenters. The first-order valence-electron chi connectivity index (χ1n) is 5.81. The lowest BCUT2D eigenvalue weighted by atomic mass is 10.2. The second-order valence-corrected chi connectivity index (χ2v) is 4.69. The molecule has 1 aromatic carbocycles. The molecule has 1 aromatic heterocycles. The molecule has 0 aliphatic rings. The Morgan fingerprint density at radius 2 is 2.06 bits per heavy atom. The van der Waals surface area contributed by atoms with E-state index in [4.69, 9.17) is 5.26 Å². The smallest absolute Gasteiger partial charge is 0.209 e. The maximum absolute atomic E-state index is 8.76. The molecule has 0 aliphatic heterocycles. The van der Waals surface area contributed by atoms with E-state index in [0.29, 0.717) is 5.56 Å². The van der Waals surface area contributed by atoms with Gasteiger partial charge in [-0.25, -0.2) is 4.98 Å². The van der Waals surface area contributed by atoms with Crippen LogP contribution in [0.2, 0.25) is 0 Å². The highest BCUT2D eigenvalue weighted by atomic mass is 32.1. The van der Waals surface area contributed by atoms with Gasteiger partial charge in [0.2, 0.25) is 5.13 Å². The molecular formula is C13H14N4S. The number of nitrogens with zero attached hydrogens (tertiary/aromatic N) is 4. The third-order valence-corrected chi connectivity index (χ3v) is 3.43. The quantitative estimate of drug-likeness (QED) is 0.845. The van der Waals surface area contributed by atoms with Crippen molar-refractivity contribution in [3.8, 4) is 6.07 Å². The lowest BCUT2D eigenvalue weighted by molar-refractivity contribution is 0.859. The van der Waals surface area contributed by atoms with Gasteiger partial charge in [0, 0.05) is 30.7 Å². The summed E-state index contributed by atoms with van der Waals surface area (Å²) in [4.78, 5) is 6.47. The van der Waals surface area contributed by atoms with Crippen molar-refractivity contribution < 1.29 is 0 Å². The highest BCUT2D eigenvalue weighted by Gasteiger charge is 2.09. The molecule has 0 spiro atoms. The maximum Gasteiger partial charge on any atom is 0.209 e. The fourth-order valence-electron chi connectivity index (χ4n) is 1.58. The molecule has 0 aliphatic carbocycles. The SMILES string of the molecule is CCCc1nsc(N(C)c2ccc(C#N)cc2)n1. The van der Waals surface area contributed by atoms with Gasteiger partial charge < -0.3 is 4.90 Å². The van der Waals surface area contributed by atoms with E-state index in [1.807, 2.05) is 24.1 Å². The monoisotopic (exact) mass is 258 g/mol. The summed E-state index contributed by atoms with van der Waals surface area (Å²) in [6.07, 6.45) is 1.97. The normalized spacial score (nSPS) is 10.1. The molecular weight excluding hydrogens is 244 g/mol. The molecule has 0 amide bonds. The molecule has 0 bridgehead atoms. The summed E-state index contributed by atoms with van der Waals surface area (Å²) in [5.74, 6) is 0.901. The van der Waals surface area contributed by atoms with Gasteiger partial charge in [-0.2, -0.15) is 9.64 Å².